The van der Waals surface area contributed by atoms with Crippen LogP contribution in [-0.2, 0) is 10.0 Å². The Morgan fingerprint density at radius 1 is 1.18 bits per heavy atom. The molecule has 116 valence electrons. The molecule has 5 nitrogen and oxygen atoms in total. The van der Waals surface area contributed by atoms with Gasteiger partial charge in [-0.05, 0) is 49.2 Å². The van der Waals surface area contributed by atoms with Crippen molar-refractivity contribution in [1.29, 1.82) is 0 Å². The number of nitrogens with one attached hydrogen (secondary N) is 1. The van der Waals surface area contributed by atoms with Gasteiger partial charge in [-0.2, -0.15) is 13.5 Å². The van der Waals surface area contributed by atoms with E-state index in [1.807, 2.05) is 13.0 Å². The van der Waals surface area contributed by atoms with E-state index >= 15 is 0 Å². The minimum Gasteiger partial charge on any atom is -0.507 e. The summed E-state index contributed by atoms with van der Waals surface area (Å²) in [7, 11) is -3.75. The van der Waals surface area contributed by atoms with Crippen molar-refractivity contribution in [2.45, 2.75) is 18.7 Å². The molecule has 2 N–H and O–H groups in total. The number of phenols is 1. The van der Waals surface area contributed by atoms with Gasteiger partial charge in [-0.1, -0.05) is 28.1 Å². The van der Waals surface area contributed by atoms with Crippen molar-refractivity contribution in [3.8, 4) is 5.75 Å². The minimum absolute atomic E-state index is 0.0119. The number of hydrazone groups is 1. The Bertz CT molecular complexity index is 833. The maximum atomic E-state index is 12.3. The molecule has 2 aromatic rings. The number of aryl methyl sites for hydroxylation is 2. The summed E-state index contributed by atoms with van der Waals surface area (Å²) in [5.74, 6) is 0.0119. The van der Waals surface area contributed by atoms with Crippen LogP contribution in [0.2, 0.25) is 0 Å². The fourth-order valence-electron chi connectivity index (χ4n) is 1.84. The van der Waals surface area contributed by atoms with E-state index in [0.29, 0.717) is 11.1 Å². The van der Waals surface area contributed by atoms with Gasteiger partial charge in [0.05, 0.1) is 11.1 Å². The van der Waals surface area contributed by atoms with Crippen molar-refractivity contribution in [1.82, 2.24) is 4.83 Å². The standard InChI is InChI=1S/C15H15BrN2O3S/c1-10-3-4-11(2)15(7-10)22(20,21)18-17-9-12-8-13(16)5-6-14(12)19/h3-9,18-19H,1-2H3/b17-9+. The lowest BCUT2D eigenvalue weighted by Gasteiger charge is -2.07. The molecule has 22 heavy (non-hydrogen) atoms. The van der Waals surface area contributed by atoms with Crippen LogP contribution in [0.4, 0.5) is 0 Å². The van der Waals surface area contributed by atoms with Gasteiger partial charge in [0.15, 0.2) is 0 Å². The van der Waals surface area contributed by atoms with Gasteiger partial charge in [-0.25, -0.2) is 4.83 Å². The number of sulfonamides is 1. The highest BCUT2D eigenvalue weighted by Gasteiger charge is 2.15. The Morgan fingerprint density at radius 2 is 1.91 bits per heavy atom. The first-order chi connectivity index (χ1) is 10.3. The van der Waals surface area contributed by atoms with Crippen LogP contribution in [0, 0.1) is 13.8 Å². The molecule has 0 amide bonds. The quantitative estimate of drug-likeness (QED) is 0.629. The Hall–Kier alpha value is -1.86. The molecule has 0 bridgehead atoms. The van der Waals surface area contributed by atoms with E-state index in [4.69, 9.17) is 0 Å². The fourth-order valence-corrected chi connectivity index (χ4v) is 3.34. The molecule has 0 aliphatic heterocycles. The summed E-state index contributed by atoms with van der Waals surface area (Å²) in [5, 5.41) is 13.4. The maximum absolute atomic E-state index is 12.3. The number of hydrogen-bond acceptors (Lipinski definition) is 4. The lowest BCUT2D eigenvalue weighted by Crippen LogP contribution is -2.19. The van der Waals surface area contributed by atoms with E-state index in [2.05, 4.69) is 25.9 Å². The number of hydrogen-bond donors (Lipinski definition) is 2. The number of rotatable bonds is 4. The second-order valence-corrected chi connectivity index (χ2v) is 7.37. The molecule has 0 saturated carbocycles. The van der Waals surface area contributed by atoms with Crippen molar-refractivity contribution < 1.29 is 13.5 Å². The Balaban J connectivity index is 2.24. The third-order valence-corrected chi connectivity index (χ3v) is 4.86. The molecule has 0 aliphatic carbocycles. The second kappa shape index (κ2) is 6.50. The van der Waals surface area contributed by atoms with E-state index < -0.39 is 10.0 Å². The summed E-state index contributed by atoms with van der Waals surface area (Å²) in [6.07, 6.45) is 1.25. The van der Waals surface area contributed by atoms with Crippen LogP contribution in [0.3, 0.4) is 0 Å². The molecule has 0 fully saturated rings. The van der Waals surface area contributed by atoms with Gasteiger partial charge in [0.2, 0.25) is 0 Å². The summed E-state index contributed by atoms with van der Waals surface area (Å²) < 4.78 is 25.3. The Labute approximate surface area is 137 Å². The molecule has 2 rings (SSSR count). The first kappa shape index (κ1) is 16.5. The summed E-state index contributed by atoms with van der Waals surface area (Å²) in [6.45, 7) is 3.54. The van der Waals surface area contributed by atoms with E-state index in [-0.39, 0.29) is 10.6 Å². The molecular formula is C15H15BrN2O3S. The molecule has 0 spiro atoms. The van der Waals surface area contributed by atoms with Crippen molar-refractivity contribution >= 4 is 32.2 Å². The van der Waals surface area contributed by atoms with Gasteiger partial charge >= 0.3 is 0 Å². The van der Waals surface area contributed by atoms with Gasteiger partial charge in [0.1, 0.15) is 5.75 Å². The zero-order chi connectivity index (χ0) is 16.3. The van der Waals surface area contributed by atoms with Gasteiger partial charge in [-0.15, -0.1) is 0 Å². The molecule has 0 unspecified atom stereocenters. The number of phenolic OH excluding ortho intramolecular Hbond substituents is 1. The molecule has 7 heteroatoms. The van der Waals surface area contributed by atoms with Crippen LogP contribution in [0.1, 0.15) is 16.7 Å². The topological polar surface area (TPSA) is 78.8 Å². The van der Waals surface area contributed by atoms with Gasteiger partial charge in [0, 0.05) is 10.0 Å². The normalized spacial score (nSPS) is 11.8. The molecular weight excluding hydrogens is 368 g/mol. The lowest BCUT2D eigenvalue weighted by molar-refractivity contribution is 0.474. The number of nitrogens with zero attached hydrogens (tertiary/aromatic N) is 1. The zero-order valence-electron chi connectivity index (χ0n) is 12.0. The van der Waals surface area contributed by atoms with Gasteiger partial charge in [0.25, 0.3) is 10.0 Å². The van der Waals surface area contributed by atoms with E-state index in [9.17, 15) is 13.5 Å². The number of benzene rings is 2. The average Bonchev–Trinajstić information content (AvgIpc) is 2.45. The molecule has 0 radical (unpaired) electrons. The minimum atomic E-state index is -3.75. The predicted octanol–water partition coefficient (Wildman–Crippen LogP) is 3.08. The fraction of sp³-hybridized carbons (Fsp3) is 0.133. The molecule has 0 saturated heterocycles. The maximum Gasteiger partial charge on any atom is 0.276 e. The van der Waals surface area contributed by atoms with E-state index in [0.717, 1.165) is 10.0 Å². The molecule has 0 atom stereocenters. The molecule has 0 aliphatic rings. The number of halogens is 1. The average molecular weight is 383 g/mol. The van der Waals surface area contributed by atoms with Crippen LogP contribution >= 0.6 is 15.9 Å². The summed E-state index contributed by atoms with van der Waals surface area (Å²) in [5.41, 5.74) is 1.89. The van der Waals surface area contributed by atoms with Crippen LogP contribution in [0.15, 0.2) is 50.9 Å². The first-order valence-electron chi connectivity index (χ1n) is 6.40. The smallest absolute Gasteiger partial charge is 0.276 e. The molecule has 2 aromatic carbocycles. The van der Waals surface area contributed by atoms with Crippen LogP contribution in [0.25, 0.3) is 0 Å². The monoisotopic (exact) mass is 382 g/mol. The third-order valence-electron chi connectivity index (χ3n) is 3.00. The third kappa shape index (κ3) is 3.86. The largest absolute Gasteiger partial charge is 0.507 e. The highest BCUT2D eigenvalue weighted by Crippen LogP contribution is 2.20. The van der Waals surface area contributed by atoms with Gasteiger partial charge in [-0.3, -0.25) is 0 Å². The predicted molar refractivity (Wildman–Crippen MR) is 89.6 cm³/mol. The van der Waals surface area contributed by atoms with Crippen molar-refractivity contribution in [3.63, 3.8) is 0 Å². The van der Waals surface area contributed by atoms with E-state index in [1.54, 1.807) is 31.2 Å². The van der Waals surface area contributed by atoms with E-state index in [1.165, 1.54) is 12.3 Å². The number of aromatic hydroxyl groups is 1. The van der Waals surface area contributed by atoms with Crippen molar-refractivity contribution in [2.75, 3.05) is 0 Å². The first-order valence-corrected chi connectivity index (χ1v) is 8.68. The van der Waals surface area contributed by atoms with Crippen LogP contribution in [-0.4, -0.2) is 19.7 Å². The highest BCUT2D eigenvalue weighted by atomic mass is 79.9. The van der Waals surface area contributed by atoms with Crippen LogP contribution < -0.4 is 4.83 Å². The van der Waals surface area contributed by atoms with Gasteiger partial charge < -0.3 is 5.11 Å². The van der Waals surface area contributed by atoms with Crippen LogP contribution in [0.5, 0.6) is 5.75 Å². The van der Waals surface area contributed by atoms with Crippen molar-refractivity contribution in [2.24, 2.45) is 5.10 Å². The zero-order valence-corrected chi connectivity index (χ0v) is 14.4. The Kier molecular flexibility index (Phi) is 4.87. The molecule has 0 aromatic heterocycles. The molecule has 0 heterocycles. The highest BCUT2D eigenvalue weighted by molar-refractivity contribution is 9.10. The van der Waals surface area contributed by atoms with Crippen molar-refractivity contribution in [3.05, 3.63) is 57.6 Å². The summed E-state index contributed by atoms with van der Waals surface area (Å²) in [4.78, 5) is 2.34. The second-order valence-electron chi connectivity index (χ2n) is 4.83. The Morgan fingerprint density at radius 3 is 2.64 bits per heavy atom. The summed E-state index contributed by atoms with van der Waals surface area (Å²) >= 11 is 3.27. The lowest BCUT2D eigenvalue weighted by atomic mass is 10.2. The SMILES string of the molecule is Cc1ccc(C)c(S(=O)(=O)N/N=C/c2cc(Br)ccc2O)c1. The summed E-state index contributed by atoms with van der Waals surface area (Å²) in [6, 6.07) is 9.97.